The Labute approximate surface area is 259 Å². The largest absolute Gasteiger partial charge is 0.432 e. The van der Waals surface area contributed by atoms with Gasteiger partial charge in [0.05, 0.1) is 5.56 Å². The number of ether oxygens (including phenoxy) is 1. The van der Waals surface area contributed by atoms with E-state index in [1.807, 2.05) is 0 Å². The van der Waals surface area contributed by atoms with Gasteiger partial charge in [0.1, 0.15) is 47.1 Å². The Morgan fingerprint density at radius 3 is 1.78 bits per heavy atom. The van der Waals surface area contributed by atoms with Gasteiger partial charge in [0.15, 0.2) is 5.82 Å². The molecule has 238 valence electrons. The number of rotatable bonds is 11. The molecule has 0 saturated heterocycles. The Kier molecular flexibility index (Phi) is 9.69. The van der Waals surface area contributed by atoms with Crippen molar-refractivity contribution in [1.29, 1.82) is 0 Å². The molecular formula is C35H26F8N2O. The van der Waals surface area contributed by atoms with Crippen molar-refractivity contribution < 1.29 is 39.9 Å². The monoisotopic (exact) mass is 642 g/mol. The Balaban J connectivity index is 1.34. The number of unbranched alkanes of at least 4 members (excludes halogenated alkanes) is 2. The molecule has 46 heavy (non-hydrogen) atoms. The standard InChI is InChI=1S/C35H26F8N2O/c1-2-3-4-5-20-18-44-34(45-19-20)22-8-6-21(7-9-22)23-10-11-26(28(37)12-23)24-13-31(40)33(32(41)14-24)35(42,43)46-25-15-29(38)27(17-36)30(39)16-25/h6-16,18-19H,2-5,17H2,1H3. The highest BCUT2D eigenvalue weighted by Gasteiger charge is 2.41. The third kappa shape index (κ3) is 7.03. The number of alkyl halides is 3. The molecule has 0 aliphatic rings. The average molecular weight is 643 g/mol. The average Bonchev–Trinajstić information content (AvgIpc) is 3.01. The maximum Gasteiger partial charge on any atom is 0.432 e. The Morgan fingerprint density at radius 2 is 1.22 bits per heavy atom. The second-order valence-electron chi connectivity index (χ2n) is 10.6. The third-order valence-electron chi connectivity index (χ3n) is 7.36. The summed E-state index contributed by atoms with van der Waals surface area (Å²) >= 11 is 0. The lowest BCUT2D eigenvalue weighted by Gasteiger charge is -2.20. The molecule has 0 fully saturated rings. The maximum absolute atomic E-state index is 15.2. The van der Waals surface area contributed by atoms with E-state index in [0.29, 0.717) is 29.1 Å². The number of hydrogen-bond acceptors (Lipinski definition) is 3. The topological polar surface area (TPSA) is 35.0 Å². The lowest BCUT2D eigenvalue weighted by molar-refractivity contribution is -0.189. The zero-order valence-electron chi connectivity index (χ0n) is 24.4. The Morgan fingerprint density at radius 1 is 0.652 bits per heavy atom. The molecule has 5 aromatic rings. The molecule has 0 amide bonds. The lowest BCUT2D eigenvalue weighted by Crippen LogP contribution is -2.25. The van der Waals surface area contributed by atoms with Crippen LogP contribution in [0, 0.1) is 29.1 Å². The van der Waals surface area contributed by atoms with E-state index in [2.05, 4.69) is 21.6 Å². The highest BCUT2D eigenvalue weighted by molar-refractivity contribution is 5.73. The van der Waals surface area contributed by atoms with Crippen LogP contribution in [0.4, 0.5) is 35.1 Å². The highest BCUT2D eigenvalue weighted by atomic mass is 19.3. The Hall–Kier alpha value is -4.80. The van der Waals surface area contributed by atoms with Crippen molar-refractivity contribution in [3.8, 4) is 39.4 Å². The molecule has 0 bridgehead atoms. The van der Waals surface area contributed by atoms with Gasteiger partial charge in [0, 0.05) is 35.7 Å². The molecule has 5 rings (SSSR count). The number of nitrogens with zero attached hydrogens (tertiary/aromatic N) is 2. The van der Waals surface area contributed by atoms with Gasteiger partial charge in [0.2, 0.25) is 0 Å². The maximum atomic E-state index is 15.2. The van der Waals surface area contributed by atoms with Crippen LogP contribution in [-0.2, 0) is 19.2 Å². The molecule has 0 aliphatic heterocycles. The summed E-state index contributed by atoms with van der Waals surface area (Å²) in [5.41, 5.74) is -0.663. The molecule has 4 aromatic carbocycles. The van der Waals surface area contributed by atoms with Crippen LogP contribution in [0.1, 0.15) is 42.9 Å². The van der Waals surface area contributed by atoms with E-state index in [-0.39, 0.29) is 23.3 Å². The first-order chi connectivity index (χ1) is 22.0. The van der Waals surface area contributed by atoms with E-state index in [0.717, 1.165) is 42.9 Å². The van der Waals surface area contributed by atoms with Gasteiger partial charge < -0.3 is 4.74 Å². The summed E-state index contributed by atoms with van der Waals surface area (Å²) in [7, 11) is 0. The molecule has 0 saturated carbocycles. The van der Waals surface area contributed by atoms with Crippen molar-refractivity contribution in [3.63, 3.8) is 0 Å². The predicted molar refractivity (Wildman–Crippen MR) is 157 cm³/mol. The minimum absolute atomic E-state index is 0.265. The fraction of sp³-hybridized carbons (Fsp3) is 0.200. The highest BCUT2D eigenvalue weighted by Crippen LogP contribution is 2.38. The molecular weight excluding hydrogens is 616 g/mol. The van der Waals surface area contributed by atoms with Gasteiger partial charge in [0.25, 0.3) is 0 Å². The van der Waals surface area contributed by atoms with Crippen LogP contribution in [0.3, 0.4) is 0 Å². The smallest absolute Gasteiger partial charge is 0.429 e. The van der Waals surface area contributed by atoms with E-state index in [9.17, 15) is 30.7 Å². The number of aryl methyl sites for hydroxylation is 1. The molecule has 0 atom stereocenters. The van der Waals surface area contributed by atoms with Crippen molar-refractivity contribution in [2.75, 3.05) is 0 Å². The minimum Gasteiger partial charge on any atom is -0.429 e. The van der Waals surface area contributed by atoms with E-state index >= 15 is 4.39 Å². The summed E-state index contributed by atoms with van der Waals surface area (Å²) in [5, 5.41) is 0. The van der Waals surface area contributed by atoms with Crippen LogP contribution in [0.2, 0.25) is 0 Å². The third-order valence-corrected chi connectivity index (χ3v) is 7.36. The number of aromatic nitrogens is 2. The molecule has 0 N–H and O–H groups in total. The molecule has 0 radical (unpaired) electrons. The fourth-order valence-corrected chi connectivity index (χ4v) is 4.92. The normalized spacial score (nSPS) is 11.6. The van der Waals surface area contributed by atoms with Crippen molar-refractivity contribution in [2.45, 2.75) is 45.4 Å². The summed E-state index contributed by atoms with van der Waals surface area (Å²) in [6, 6.07) is 12.4. The van der Waals surface area contributed by atoms with Gasteiger partial charge in [-0.25, -0.2) is 36.3 Å². The lowest BCUT2D eigenvalue weighted by atomic mass is 9.97. The first kappa shape index (κ1) is 32.6. The SMILES string of the molecule is CCCCCc1cnc(-c2ccc(-c3ccc(-c4cc(F)c(C(F)(F)Oc5cc(F)c(CF)c(F)c5)c(F)c4)c(F)c3)cc2)nc1. The molecule has 0 aliphatic carbocycles. The summed E-state index contributed by atoms with van der Waals surface area (Å²) < 4.78 is 119. The predicted octanol–water partition coefficient (Wildman–Crippen LogP) is 10.5. The molecule has 0 spiro atoms. The Bertz CT molecular complexity index is 1800. The molecule has 1 heterocycles. The van der Waals surface area contributed by atoms with Gasteiger partial charge in [-0.3, -0.25) is 0 Å². The second kappa shape index (κ2) is 13.7. The first-order valence-electron chi connectivity index (χ1n) is 14.3. The summed E-state index contributed by atoms with van der Waals surface area (Å²) in [6.07, 6.45) is 3.08. The van der Waals surface area contributed by atoms with E-state index in [1.54, 1.807) is 36.7 Å². The summed E-state index contributed by atoms with van der Waals surface area (Å²) in [4.78, 5) is 8.86. The minimum atomic E-state index is -4.74. The number of benzene rings is 4. The first-order valence-corrected chi connectivity index (χ1v) is 14.3. The van der Waals surface area contributed by atoms with Crippen molar-refractivity contribution in [3.05, 3.63) is 125 Å². The zero-order valence-corrected chi connectivity index (χ0v) is 24.4. The van der Waals surface area contributed by atoms with E-state index in [1.165, 1.54) is 12.1 Å². The van der Waals surface area contributed by atoms with Gasteiger partial charge in [-0.1, -0.05) is 56.2 Å². The second-order valence-corrected chi connectivity index (χ2v) is 10.6. The molecule has 3 nitrogen and oxygen atoms in total. The van der Waals surface area contributed by atoms with Gasteiger partial charge in [-0.15, -0.1) is 0 Å². The number of halogens is 8. The van der Waals surface area contributed by atoms with Crippen LogP contribution < -0.4 is 4.74 Å². The van der Waals surface area contributed by atoms with Gasteiger partial charge in [-0.05, 0) is 53.3 Å². The fourth-order valence-electron chi connectivity index (χ4n) is 4.92. The van der Waals surface area contributed by atoms with E-state index < -0.39 is 58.7 Å². The number of hydrogen-bond donors (Lipinski definition) is 0. The quantitative estimate of drug-likeness (QED) is 0.106. The molecule has 11 heteroatoms. The van der Waals surface area contributed by atoms with Crippen LogP contribution in [0.5, 0.6) is 5.75 Å². The van der Waals surface area contributed by atoms with Crippen molar-refractivity contribution in [2.24, 2.45) is 0 Å². The van der Waals surface area contributed by atoms with Crippen LogP contribution >= 0.6 is 0 Å². The summed E-state index contributed by atoms with van der Waals surface area (Å²) in [6.45, 7) is 0.585. The van der Waals surface area contributed by atoms with Crippen LogP contribution in [0.15, 0.2) is 79.1 Å². The molecule has 0 unspecified atom stereocenters. The van der Waals surface area contributed by atoms with Gasteiger partial charge in [-0.2, -0.15) is 8.78 Å². The summed E-state index contributed by atoms with van der Waals surface area (Å²) in [5.74, 6) is -8.10. The zero-order chi connectivity index (χ0) is 33.0. The molecule has 1 aromatic heterocycles. The van der Waals surface area contributed by atoms with Crippen molar-refractivity contribution in [1.82, 2.24) is 9.97 Å². The van der Waals surface area contributed by atoms with Crippen LogP contribution in [-0.4, -0.2) is 9.97 Å². The van der Waals surface area contributed by atoms with Crippen molar-refractivity contribution >= 4 is 0 Å². The van der Waals surface area contributed by atoms with E-state index in [4.69, 9.17) is 0 Å². The van der Waals surface area contributed by atoms with Crippen LogP contribution in [0.25, 0.3) is 33.6 Å². The van der Waals surface area contributed by atoms with Gasteiger partial charge >= 0.3 is 6.11 Å².